The van der Waals surface area contributed by atoms with E-state index >= 15 is 0 Å². The van der Waals surface area contributed by atoms with Crippen LogP contribution in [0, 0.1) is 0 Å². The van der Waals surface area contributed by atoms with Gasteiger partial charge in [0.1, 0.15) is 0 Å². The van der Waals surface area contributed by atoms with Crippen LogP contribution in [0.2, 0.25) is 5.02 Å². The lowest BCUT2D eigenvalue weighted by Gasteiger charge is -2.12. The summed E-state index contributed by atoms with van der Waals surface area (Å²) >= 11 is 5.68. The molecule has 1 atom stereocenters. The Bertz CT molecular complexity index is 734. The molecule has 0 radical (unpaired) electrons. The van der Waals surface area contributed by atoms with Crippen LogP contribution in [0.4, 0.5) is 4.79 Å². The smallest absolute Gasteiger partial charge is 0.413 e. The molecule has 25 heavy (non-hydrogen) atoms. The third-order valence-electron chi connectivity index (χ3n) is 2.83. The van der Waals surface area contributed by atoms with Crippen molar-refractivity contribution in [1.82, 2.24) is 10.0 Å². The number of methoxy groups -OCH3 is 1. The first-order chi connectivity index (χ1) is 11.7. The average molecular weight is 393 g/mol. The van der Waals surface area contributed by atoms with Crippen LogP contribution >= 0.6 is 11.6 Å². The Morgan fingerprint density at radius 1 is 1.20 bits per heavy atom. The van der Waals surface area contributed by atoms with Crippen molar-refractivity contribution in [3.63, 3.8) is 0 Å². The van der Waals surface area contributed by atoms with Gasteiger partial charge in [-0.2, -0.15) is 0 Å². The van der Waals surface area contributed by atoms with E-state index in [1.807, 2.05) is 5.32 Å². The van der Waals surface area contributed by atoms with Gasteiger partial charge >= 0.3 is 12.1 Å². The van der Waals surface area contributed by atoms with E-state index in [0.29, 0.717) is 5.02 Å². The summed E-state index contributed by atoms with van der Waals surface area (Å²) in [6, 6.07) is 5.49. The van der Waals surface area contributed by atoms with Crippen LogP contribution in [0.5, 0.6) is 0 Å². The average Bonchev–Trinajstić information content (AvgIpc) is 2.54. The van der Waals surface area contributed by atoms with Gasteiger partial charge in [-0.05, 0) is 31.2 Å². The van der Waals surface area contributed by atoms with E-state index in [4.69, 9.17) is 16.3 Å². The minimum Gasteiger partial charge on any atom is -0.453 e. The van der Waals surface area contributed by atoms with Gasteiger partial charge in [-0.1, -0.05) is 11.6 Å². The highest BCUT2D eigenvalue weighted by Crippen LogP contribution is 2.13. The van der Waals surface area contributed by atoms with Crippen LogP contribution in [0.15, 0.2) is 29.2 Å². The van der Waals surface area contributed by atoms with Crippen LogP contribution < -0.4 is 10.0 Å². The number of imide groups is 1. The molecule has 0 fully saturated rings. The van der Waals surface area contributed by atoms with E-state index in [1.165, 1.54) is 31.2 Å². The molecule has 138 valence electrons. The maximum absolute atomic E-state index is 12.0. The first kappa shape index (κ1) is 20.9. The Kier molecular flexibility index (Phi) is 7.81. The maximum Gasteiger partial charge on any atom is 0.413 e. The SMILES string of the molecule is COC(=O)NC(=O)[C@@H](C)OC(=O)CCNS(=O)(=O)c1ccc(Cl)cc1. The van der Waals surface area contributed by atoms with Crippen molar-refractivity contribution in [3.8, 4) is 0 Å². The molecule has 2 amide bonds. The van der Waals surface area contributed by atoms with E-state index in [-0.39, 0.29) is 17.9 Å². The number of hydrogen-bond donors (Lipinski definition) is 2. The summed E-state index contributed by atoms with van der Waals surface area (Å²) in [5, 5.41) is 2.23. The lowest BCUT2D eigenvalue weighted by Crippen LogP contribution is -2.39. The summed E-state index contributed by atoms with van der Waals surface area (Å²) < 4.78 is 35.2. The van der Waals surface area contributed by atoms with Crippen LogP contribution in [0.25, 0.3) is 0 Å². The number of nitrogens with one attached hydrogen (secondary N) is 2. The topological polar surface area (TPSA) is 128 Å². The number of hydrogen-bond acceptors (Lipinski definition) is 7. The largest absolute Gasteiger partial charge is 0.453 e. The molecule has 0 aliphatic carbocycles. The number of alkyl carbamates (subject to hydrolysis) is 1. The van der Waals surface area contributed by atoms with Gasteiger partial charge in [0.05, 0.1) is 18.4 Å². The van der Waals surface area contributed by atoms with Gasteiger partial charge in [-0.3, -0.25) is 14.9 Å². The fraction of sp³-hybridized carbons (Fsp3) is 0.357. The Balaban J connectivity index is 2.45. The number of esters is 1. The van der Waals surface area contributed by atoms with Gasteiger partial charge in [0, 0.05) is 11.6 Å². The van der Waals surface area contributed by atoms with Crippen LogP contribution in [0.3, 0.4) is 0 Å². The zero-order chi connectivity index (χ0) is 19.0. The lowest BCUT2D eigenvalue weighted by molar-refractivity contribution is -0.154. The summed E-state index contributed by atoms with van der Waals surface area (Å²) in [4.78, 5) is 34.0. The maximum atomic E-state index is 12.0. The van der Waals surface area contributed by atoms with Crippen LogP contribution in [-0.2, 0) is 29.1 Å². The molecule has 2 N–H and O–H groups in total. The summed E-state index contributed by atoms with van der Waals surface area (Å²) in [5.41, 5.74) is 0. The van der Waals surface area contributed by atoms with Crippen LogP contribution in [0.1, 0.15) is 13.3 Å². The second kappa shape index (κ2) is 9.35. The van der Waals surface area contributed by atoms with E-state index in [2.05, 4.69) is 9.46 Å². The monoisotopic (exact) mass is 392 g/mol. The van der Waals surface area contributed by atoms with Gasteiger partial charge in [0.25, 0.3) is 5.91 Å². The van der Waals surface area contributed by atoms with Crippen LogP contribution in [-0.4, -0.2) is 46.1 Å². The molecule has 0 unspecified atom stereocenters. The van der Waals surface area contributed by atoms with Crippen molar-refractivity contribution in [2.24, 2.45) is 0 Å². The number of sulfonamides is 1. The molecule has 0 aromatic heterocycles. The van der Waals surface area contributed by atoms with Crippen molar-refractivity contribution in [3.05, 3.63) is 29.3 Å². The fourth-order valence-corrected chi connectivity index (χ4v) is 2.71. The molecule has 0 aliphatic rings. The third-order valence-corrected chi connectivity index (χ3v) is 4.56. The number of benzene rings is 1. The van der Waals surface area contributed by atoms with E-state index < -0.39 is 34.1 Å². The molecule has 0 saturated carbocycles. The standard InChI is InChI=1S/C14H17ClN2O7S/c1-9(13(19)17-14(20)23-2)24-12(18)7-8-16-25(21,22)11-5-3-10(15)4-6-11/h3-6,9,16H,7-8H2,1-2H3,(H,17,19,20)/t9-/m1/s1. The van der Waals surface area contributed by atoms with Gasteiger partial charge in [-0.15, -0.1) is 0 Å². The number of ether oxygens (including phenoxy) is 2. The highest BCUT2D eigenvalue weighted by atomic mass is 35.5. The summed E-state index contributed by atoms with van der Waals surface area (Å²) in [7, 11) is -2.72. The molecule has 1 aromatic carbocycles. The number of halogens is 1. The molecule has 0 spiro atoms. The molecular formula is C14H17ClN2O7S. The van der Waals surface area contributed by atoms with Crippen molar-refractivity contribution in [1.29, 1.82) is 0 Å². The highest BCUT2D eigenvalue weighted by molar-refractivity contribution is 7.89. The Morgan fingerprint density at radius 3 is 2.36 bits per heavy atom. The number of carbonyl (C=O) groups excluding carboxylic acids is 3. The first-order valence-electron chi connectivity index (χ1n) is 6.99. The van der Waals surface area contributed by atoms with Crippen molar-refractivity contribution in [2.45, 2.75) is 24.3 Å². The van der Waals surface area contributed by atoms with Gasteiger partial charge in [0.15, 0.2) is 6.10 Å². The molecule has 0 saturated heterocycles. The van der Waals surface area contributed by atoms with Gasteiger partial charge < -0.3 is 9.47 Å². The van der Waals surface area contributed by atoms with Crippen molar-refractivity contribution in [2.75, 3.05) is 13.7 Å². The number of amides is 2. The van der Waals surface area contributed by atoms with Crippen molar-refractivity contribution < 1.29 is 32.3 Å². The molecule has 1 rings (SSSR count). The number of rotatable bonds is 7. The zero-order valence-electron chi connectivity index (χ0n) is 13.4. The molecule has 9 nitrogen and oxygen atoms in total. The Labute approximate surface area is 149 Å². The molecule has 0 heterocycles. The Morgan fingerprint density at radius 2 is 1.80 bits per heavy atom. The van der Waals surface area contributed by atoms with E-state index in [1.54, 1.807) is 0 Å². The van der Waals surface area contributed by atoms with Crippen molar-refractivity contribution >= 4 is 39.6 Å². The van der Waals surface area contributed by atoms with E-state index in [0.717, 1.165) is 7.11 Å². The summed E-state index contributed by atoms with van der Waals surface area (Å²) in [6.07, 6.45) is -2.52. The quantitative estimate of drug-likeness (QED) is 0.657. The minimum absolute atomic E-state index is 0.00362. The predicted octanol–water partition coefficient (Wildman–Crippen LogP) is 0.823. The normalized spacial score (nSPS) is 12.1. The molecular weight excluding hydrogens is 376 g/mol. The molecule has 0 bridgehead atoms. The second-order valence-corrected chi connectivity index (χ2v) is 6.92. The lowest BCUT2D eigenvalue weighted by atomic mass is 10.3. The van der Waals surface area contributed by atoms with E-state index in [9.17, 15) is 22.8 Å². The molecule has 11 heteroatoms. The Hall–Kier alpha value is -2.17. The first-order valence-corrected chi connectivity index (χ1v) is 8.85. The second-order valence-electron chi connectivity index (χ2n) is 4.71. The predicted molar refractivity (Wildman–Crippen MR) is 87.4 cm³/mol. The summed E-state index contributed by atoms with van der Waals surface area (Å²) in [5.74, 6) is -1.67. The fourth-order valence-electron chi connectivity index (χ4n) is 1.55. The highest BCUT2D eigenvalue weighted by Gasteiger charge is 2.20. The van der Waals surface area contributed by atoms with Gasteiger partial charge in [-0.25, -0.2) is 17.9 Å². The third kappa shape index (κ3) is 7.08. The summed E-state index contributed by atoms with van der Waals surface area (Å²) in [6.45, 7) is 1.03. The molecule has 0 aliphatic heterocycles. The number of carbonyl (C=O) groups is 3. The molecule has 1 aromatic rings. The minimum atomic E-state index is -3.79. The zero-order valence-corrected chi connectivity index (χ0v) is 15.0. The van der Waals surface area contributed by atoms with Gasteiger partial charge in [0.2, 0.25) is 10.0 Å².